The van der Waals surface area contributed by atoms with Crippen LogP contribution in [0.4, 0.5) is 0 Å². The van der Waals surface area contributed by atoms with Gasteiger partial charge in [-0.15, -0.1) is 0 Å². The van der Waals surface area contributed by atoms with E-state index >= 15 is 0 Å². The molecule has 0 spiro atoms. The molecule has 0 nitrogen and oxygen atoms in total. The third kappa shape index (κ3) is 3.84. The van der Waals surface area contributed by atoms with E-state index in [1.165, 1.54) is 30.4 Å². The Kier molecular flexibility index (Phi) is 5.24. The van der Waals surface area contributed by atoms with Crippen molar-refractivity contribution in [3.05, 3.63) is 35.4 Å². The van der Waals surface area contributed by atoms with Crippen molar-refractivity contribution >= 4 is 0 Å². The van der Waals surface area contributed by atoms with Crippen LogP contribution in [0.15, 0.2) is 24.3 Å². The van der Waals surface area contributed by atoms with Crippen molar-refractivity contribution in [3.63, 3.8) is 0 Å². The lowest BCUT2D eigenvalue weighted by atomic mass is 9.74. The summed E-state index contributed by atoms with van der Waals surface area (Å²) >= 11 is 0. The molecule has 0 aliphatic heterocycles. The van der Waals surface area contributed by atoms with Crippen LogP contribution >= 0.6 is 0 Å². The SMILES string of the molecule is CCC(C)(CC)c1ccc(C(C)(C)CC(C)C)cc1. The first-order chi connectivity index (χ1) is 8.75. The van der Waals surface area contributed by atoms with E-state index in [1.807, 2.05) is 0 Å². The van der Waals surface area contributed by atoms with Crippen molar-refractivity contribution < 1.29 is 0 Å². The van der Waals surface area contributed by atoms with Gasteiger partial charge in [0.1, 0.15) is 0 Å². The van der Waals surface area contributed by atoms with Crippen molar-refractivity contribution in [1.82, 2.24) is 0 Å². The van der Waals surface area contributed by atoms with E-state index in [4.69, 9.17) is 0 Å². The van der Waals surface area contributed by atoms with Crippen LogP contribution in [-0.2, 0) is 10.8 Å². The first-order valence-corrected chi connectivity index (χ1v) is 7.86. The van der Waals surface area contributed by atoms with Crippen LogP contribution in [0, 0.1) is 5.92 Å². The molecule has 0 atom stereocenters. The van der Waals surface area contributed by atoms with Gasteiger partial charge in [0.2, 0.25) is 0 Å². The van der Waals surface area contributed by atoms with Gasteiger partial charge in [0.05, 0.1) is 0 Å². The maximum atomic E-state index is 2.38. The van der Waals surface area contributed by atoms with Crippen LogP contribution in [0.1, 0.15) is 78.9 Å². The third-order valence-corrected chi connectivity index (χ3v) is 4.84. The Hall–Kier alpha value is -0.780. The molecule has 0 N–H and O–H groups in total. The summed E-state index contributed by atoms with van der Waals surface area (Å²) in [6.07, 6.45) is 3.65. The summed E-state index contributed by atoms with van der Waals surface area (Å²) in [6, 6.07) is 9.40. The van der Waals surface area contributed by atoms with Gasteiger partial charge in [-0.2, -0.15) is 0 Å². The Morgan fingerprint density at radius 2 is 1.26 bits per heavy atom. The Morgan fingerprint density at radius 1 is 0.842 bits per heavy atom. The van der Waals surface area contributed by atoms with E-state index in [0.29, 0.717) is 5.41 Å². The Balaban J connectivity index is 2.99. The van der Waals surface area contributed by atoms with Crippen LogP contribution in [0.5, 0.6) is 0 Å². The van der Waals surface area contributed by atoms with E-state index in [2.05, 4.69) is 72.7 Å². The first kappa shape index (κ1) is 16.3. The van der Waals surface area contributed by atoms with Crippen molar-refractivity contribution in [3.8, 4) is 0 Å². The van der Waals surface area contributed by atoms with Crippen molar-refractivity contribution in [2.75, 3.05) is 0 Å². The topological polar surface area (TPSA) is 0 Å². The van der Waals surface area contributed by atoms with Gasteiger partial charge in [0.15, 0.2) is 0 Å². The summed E-state index contributed by atoms with van der Waals surface area (Å²) < 4.78 is 0. The fourth-order valence-corrected chi connectivity index (χ4v) is 3.12. The largest absolute Gasteiger partial charge is 0.0645 e. The van der Waals surface area contributed by atoms with Gasteiger partial charge in [-0.1, -0.05) is 72.7 Å². The minimum absolute atomic E-state index is 0.279. The summed E-state index contributed by atoms with van der Waals surface area (Å²) in [5.41, 5.74) is 3.57. The van der Waals surface area contributed by atoms with Crippen LogP contribution in [-0.4, -0.2) is 0 Å². The molecule has 1 aromatic carbocycles. The van der Waals surface area contributed by atoms with Gasteiger partial charge in [-0.3, -0.25) is 0 Å². The molecule has 1 rings (SSSR count). The number of benzene rings is 1. The average Bonchev–Trinajstić information content (AvgIpc) is 2.36. The fraction of sp³-hybridized carbons (Fsp3) is 0.684. The molecule has 0 bridgehead atoms. The molecule has 0 aromatic heterocycles. The van der Waals surface area contributed by atoms with Crippen LogP contribution in [0.2, 0.25) is 0 Å². The molecule has 0 fully saturated rings. The quantitative estimate of drug-likeness (QED) is 0.580. The van der Waals surface area contributed by atoms with E-state index in [0.717, 1.165) is 5.92 Å². The number of hydrogen-bond acceptors (Lipinski definition) is 0. The van der Waals surface area contributed by atoms with E-state index < -0.39 is 0 Å². The lowest BCUT2D eigenvalue weighted by Crippen LogP contribution is -2.22. The lowest BCUT2D eigenvalue weighted by Gasteiger charge is -2.30. The monoisotopic (exact) mass is 260 g/mol. The van der Waals surface area contributed by atoms with Gasteiger partial charge >= 0.3 is 0 Å². The lowest BCUT2D eigenvalue weighted by molar-refractivity contribution is 0.398. The van der Waals surface area contributed by atoms with Crippen molar-refractivity contribution in [2.24, 2.45) is 5.92 Å². The highest BCUT2D eigenvalue weighted by atomic mass is 14.3. The zero-order chi connectivity index (χ0) is 14.7. The molecule has 1 aromatic rings. The van der Waals surface area contributed by atoms with Crippen molar-refractivity contribution in [1.29, 1.82) is 0 Å². The zero-order valence-corrected chi connectivity index (χ0v) is 14.0. The summed E-state index contributed by atoms with van der Waals surface area (Å²) in [4.78, 5) is 0. The molecule has 0 aliphatic carbocycles. The third-order valence-electron chi connectivity index (χ3n) is 4.84. The molecule has 0 saturated heterocycles. The molecule has 0 heterocycles. The van der Waals surface area contributed by atoms with E-state index in [-0.39, 0.29) is 5.41 Å². The van der Waals surface area contributed by atoms with Crippen LogP contribution in [0.3, 0.4) is 0 Å². The van der Waals surface area contributed by atoms with Gasteiger partial charge in [0, 0.05) is 0 Å². The fourth-order valence-electron chi connectivity index (χ4n) is 3.12. The molecule has 0 aliphatic rings. The average molecular weight is 260 g/mol. The second-order valence-electron chi connectivity index (χ2n) is 7.33. The Bertz CT molecular complexity index is 377. The van der Waals surface area contributed by atoms with E-state index in [9.17, 15) is 0 Å². The van der Waals surface area contributed by atoms with Gasteiger partial charge < -0.3 is 0 Å². The molecule has 0 radical (unpaired) electrons. The summed E-state index contributed by atoms with van der Waals surface area (Å²) in [5, 5.41) is 0. The van der Waals surface area contributed by atoms with Gasteiger partial charge in [0.25, 0.3) is 0 Å². The Labute approximate surface area is 120 Å². The summed E-state index contributed by atoms with van der Waals surface area (Å²) in [6.45, 7) is 16.3. The minimum Gasteiger partial charge on any atom is -0.0645 e. The Morgan fingerprint density at radius 3 is 1.63 bits per heavy atom. The maximum Gasteiger partial charge on any atom is -0.00805 e. The highest BCUT2D eigenvalue weighted by molar-refractivity contribution is 5.32. The second-order valence-corrected chi connectivity index (χ2v) is 7.33. The second kappa shape index (κ2) is 6.11. The highest BCUT2D eigenvalue weighted by Gasteiger charge is 2.25. The van der Waals surface area contributed by atoms with Crippen molar-refractivity contribution in [2.45, 2.75) is 78.6 Å². The summed E-state index contributed by atoms with van der Waals surface area (Å²) in [5.74, 6) is 0.742. The molecule has 19 heavy (non-hydrogen) atoms. The molecular formula is C19H32. The van der Waals surface area contributed by atoms with E-state index in [1.54, 1.807) is 0 Å². The zero-order valence-electron chi connectivity index (χ0n) is 14.0. The standard InChI is InChI=1S/C19H32/c1-8-19(7,9-2)17-12-10-16(11-13-17)18(5,6)14-15(3)4/h10-13,15H,8-9,14H2,1-7H3. The molecule has 0 unspecified atom stereocenters. The van der Waals surface area contributed by atoms with Gasteiger partial charge in [-0.05, 0) is 47.1 Å². The molecule has 0 amide bonds. The molecule has 108 valence electrons. The predicted octanol–water partition coefficient (Wildman–Crippen LogP) is 6.09. The molecular weight excluding hydrogens is 228 g/mol. The maximum absolute atomic E-state index is 2.38. The molecule has 0 heteroatoms. The highest BCUT2D eigenvalue weighted by Crippen LogP contribution is 2.34. The predicted molar refractivity (Wildman–Crippen MR) is 86.9 cm³/mol. The van der Waals surface area contributed by atoms with Gasteiger partial charge in [-0.25, -0.2) is 0 Å². The normalized spacial score (nSPS) is 13.1. The van der Waals surface area contributed by atoms with Crippen LogP contribution in [0.25, 0.3) is 0 Å². The minimum atomic E-state index is 0.279. The molecule has 0 saturated carbocycles. The smallest absolute Gasteiger partial charge is 0.00805 e. The first-order valence-electron chi connectivity index (χ1n) is 7.86. The summed E-state index contributed by atoms with van der Waals surface area (Å²) in [7, 11) is 0. The number of rotatable bonds is 6. The van der Waals surface area contributed by atoms with Crippen LogP contribution < -0.4 is 0 Å². The number of hydrogen-bond donors (Lipinski definition) is 0.